The van der Waals surface area contributed by atoms with Crippen molar-refractivity contribution in [3.05, 3.63) is 35.5 Å². The Hall–Kier alpha value is -1.81. The van der Waals surface area contributed by atoms with Crippen LogP contribution in [0.15, 0.2) is 24.3 Å². The molecule has 0 spiro atoms. The summed E-state index contributed by atoms with van der Waals surface area (Å²) in [7, 11) is 0. The van der Waals surface area contributed by atoms with Crippen LogP contribution in [0.2, 0.25) is 0 Å². The van der Waals surface area contributed by atoms with Gasteiger partial charge in [-0.15, -0.1) is 0 Å². The SMILES string of the molecule is Cc1cccc2[nH]c(C(=O)NC(C)(C)CN)cc12. The van der Waals surface area contributed by atoms with Crippen LogP contribution in [0.5, 0.6) is 0 Å². The van der Waals surface area contributed by atoms with Crippen LogP contribution in [-0.4, -0.2) is 23.0 Å². The lowest BCUT2D eigenvalue weighted by atomic mass is 10.1. The highest BCUT2D eigenvalue weighted by atomic mass is 16.2. The van der Waals surface area contributed by atoms with E-state index in [4.69, 9.17) is 5.73 Å². The first-order valence-corrected chi connectivity index (χ1v) is 6.04. The zero-order chi connectivity index (χ0) is 13.3. The minimum Gasteiger partial charge on any atom is -0.351 e. The fourth-order valence-corrected chi connectivity index (χ4v) is 1.85. The molecule has 0 aliphatic heterocycles. The Labute approximate surface area is 107 Å². The summed E-state index contributed by atoms with van der Waals surface area (Å²) in [5, 5.41) is 3.98. The summed E-state index contributed by atoms with van der Waals surface area (Å²) in [5.41, 5.74) is 7.91. The van der Waals surface area contributed by atoms with Gasteiger partial charge >= 0.3 is 0 Å². The number of hydrogen-bond donors (Lipinski definition) is 3. The molecule has 0 saturated carbocycles. The maximum atomic E-state index is 12.1. The van der Waals surface area contributed by atoms with Crippen LogP contribution < -0.4 is 11.1 Å². The van der Waals surface area contributed by atoms with E-state index in [0.29, 0.717) is 12.2 Å². The molecule has 0 atom stereocenters. The Morgan fingerprint density at radius 3 is 2.78 bits per heavy atom. The van der Waals surface area contributed by atoms with Gasteiger partial charge in [0.05, 0.1) is 0 Å². The molecule has 4 heteroatoms. The smallest absolute Gasteiger partial charge is 0.268 e. The van der Waals surface area contributed by atoms with E-state index in [1.807, 2.05) is 45.0 Å². The second kappa shape index (κ2) is 4.46. The number of H-pyrrole nitrogens is 1. The normalized spacial score (nSPS) is 11.8. The van der Waals surface area contributed by atoms with E-state index in [0.717, 1.165) is 16.5 Å². The van der Waals surface area contributed by atoms with E-state index >= 15 is 0 Å². The lowest BCUT2D eigenvalue weighted by molar-refractivity contribution is 0.0911. The van der Waals surface area contributed by atoms with Crippen molar-refractivity contribution in [3.8, 4) is 0 Å². The fraction of sp³-hybridized carbons (Fsp3) is 0.357. The Bertz CT molecular complexity index is 584. The molecule has 0 radical (unpaired) electrons. The molecule has 4 N–H and O–H groups in total. The van der Waals surface area contributed by atoms with Crippen molar-refractivity contribution in [2.75, 3.05) is 6.54 Å². The molecule has 0 fully saturated rings. The Morgan fingerprint density at radius 1 is 1.44 bits per heavy atom. The number of amides is 1. The highest BCUT2D eigenvalue weighted by Gasteiger charge is 2.20. The standard InChI is InChI=1S/C14H19N3O/c1-9-5-4-6-11-10(9)7-12(16-11)13(18)17-14(2,3)8-15/h4-7,16H,8,15H2,1-3H3,(H,17,18). The van der Waals surface area contributed by atoms with Gasteiger partial charge in [-0.2, -0.15) is 0 Å². The molecule has 96 valence electrons. The molecule has 2 aromatic rings. The van der Waals surface area contributed by atoms with Gasteiger partial charge in [0.1, 0.15) is 5.69 Å². The molecule has 0 bridgehead atoms. The number of hydrogen-bond acceptors (Lipinski definition) is 2. The van der Waals surface area contributed by atoms with E-state index in [2.05, 4.69) is 10.3 Å². The second-order valence-electron chi connectivity index (χ2n) is 5.26. The van der Waals surface area contributed by atoms with Crippen molar-refractivity contribution in [1.29, 1.82) is 0 Å². The maximum Gasteiger partial charge on any atom is 0.268 e. The molecule has 2 rings (SSSR count). The number of aryl methyl sites for hydroxylation is 1. The average Bonchev–Trinajstić information content (AvgIpc) is 2.74. The number of fused-ring (bicyclic) bond motifs is 1. The zero-order valence-electron chi connectivity index (χ0n) is 11.0. The van der Waals surface area contributed by atoms with E-state index < -0.39 is 5.54 Å². The van der Waals surface area contributed by atoms with Crippen LogP contribution in [0.3, 0.4) is 0 Å². The summed E-state index contributed by atoms with van der Waals surface area (Å²) in [6.45, 7) is 6.23. The molecule has 0 saturated heterocycles. The van der Waals surface area contributed by atoms with Gasteiger partial charge in [-0.25, -0.2) is 0 Å². The third kappa shape index (κ3) is 2.38. The first kappa shape index (κ1) is 12.6. The monoisotopic (exact) mass is 245 g/mol. The van der Waals surface area contributed by atoms with E-state index in [-0.39, 0.29) is 5.91 Å². The largest absolute Gasteiger partial charge is 0.351 e. The summed E-state index contributed by atoms with van der Waals surface area (Å²) in [4.78, 5) is 15.2. The second-order valence-corrected chi connectivity index (χ2v) is 5.26. The van der Waals surface area contributed by atoms with Gasteiger partial charge in [0.25, 0.3) is 5.91 Å². The number of benzene rings is 1. The molecule has 4 nitrogen and oxygen atoms in total. The van der Waals surface area contributed by atoms with Gasteiger partial charge in [-0.1, -0.05) is 12.1 Å². The minimum absolute atomic E-state index is 0.124. The quantitative estimate of drug-likeness (QED) is 0.773. The van der Waals surface area contributed by atoms with Gasteiger partial charge in [-0.3, -0.25) is 4.79 Å². The van der Waals surface area contributed by atoms with Crippen LogP contribution >= 0.6 is 0 Å². The third-order valence-electron chi connectivity index (χ3n) is 3.09. The molecule has 0 unspecified atom stereocenters. The van der Waals surface area contributed by atoms with E-state index in [1.54, 1.807) is 0 Å². The molecular formula is C14H19N3O. The molecule has 1 heterocycles. The molecule has 1 amide bonds. The average molecular weight is 245 g/mol. The van der Waals surface area contributed by atoms with Gasteiger partial charge in [0.15, 0.2) is 0 Å². The number of carbonyl (C=O) groups excluding carboxylic acids is 1. The molecule has 1 aromatic carbocycles. The van der Waals surface area contributed by atoms with Gasteiger partial charge in [0, 0.05) is 23.0 Å². The maximum absolute atomic E-state index is 12.1. The van der Waals surface area contributed by atoms with Crippen LogP contribution in [-0.2, 0) is 0 Å². The Balaban J connectivity index is 2.32. The fourth-order valence-electron chi connectivity index (χ4n) is 1.85. The van der Waals surface area contributed by atoms with Gasteiger partial charge < -0.3 is 16.0 Å². The van der Waals surface area contributed by atoms with Crippen LogP contribution in [0.25, 0.3) is 10.9 Å². The Kier molecular flexibility index (Phi) is 3.13. The first-order chi connectivity index (χ1) is 8.43. The number of nitrogens with two attached hydrogens (primary N) is 1. The van der Waals surface area contributed by atoms with Crippen molar-refractivity contribution >= 4 is 16.8 Å². The predicted molar refractivity (Wildman–Crippen MR) is 73.6 cm³/mol. The third-order valence-corrected chi connectivity index (χ3v) is 3.09. The van der Waals surface area contributed by atoms with Crippen LogP contribution in [0, 0.1) is 6.92 Å². The minimum atomic E-state index is -0.399. The summed E-state index contributed by atoms with van der Waals surface area (Å²) < 4.78 is 0. The molecule has 0 aliphatic rings. The number of nitrogens with one attached hydrogen (secondary N) is 2. The van der Waals surface area contributed by atoms with Crippen molar-refractivity contribution in [2.45, 2.75) is 26.3 Å². The molecule has 0 aliphatic carbocycles. The summed E-state index contributed by atoms with van der Waals surface area (Å²) in [6, 6.07) is 7.85. The van der Waals surface area contributed by atoms with Crippen molar-refractivity contribution < 1.29 is 4.79 Å². The Morgan fingerprint density at radius 2 is 2.17 bits per heavy atom. The molecule has 18 heavy (non-hydrogen) atoms. The number of aromatic nitrogens is 1. The van der Waals surface area contributed by atoms with E-state index in [9.17, 15) is 4.79 Å². The van der Waals surface area contributed by atoms with Gasteiger partial charge in [0.2, 0.25) is 0 Å². The summed E-state index contributed by atoms with van der Waals surface area (Å²) in [6.07, 6.45) is 0. The predicted octanol–water partition coefficient (Wildman–Crippen LogP) is 1.94. The van der Waals surface area contributed by atoms with Gasteiger partial charge in [-0.05, 0) is 38.5 Å². The van der Waals surface area contributed by atoms with Crippen LogP contribution in [0.4, 0.5) is 0 Å². The lowest BCUT2D eigenvalue weighted by Crippen LogP contribution is -2.48. The topological polar surface area (TPSA) is 70.9 Å². The highest BCUT2D eigenvalue weighted by molar-refractivity contribution is 5.99. The molecule has 1 aromatic heterocycles. The van der Waals surface area contributed by atoms with Crippen LogP contribution in [0.1, 0.15) is 29.9 Å². The zero-order valence-corrected chi connectivity index (χ0v) is 11.0. The number of rotatable bonds is 3. The number of carbonyl (C=O) groups is 1. The molecular weight excluding hydrogens is 226 g/mol. The summed E-state index contributed by atoms with van der Waals surface area (Å²) in [5.74, 6) is -0.124. The first-order valence-electron chi connectivity index (χ1n) is 6.04. The summed E-state index contributed by atoms with van der Waals surface area (Å²) >= 11 is 0. The number of aromatic amines is 1. The van der Waals surface area contributed by atoms with Crippen molar-refractivity contribution in [2.24, 2.45) is 5.73 Å². The van der Waals surface area contributed by atoms with Crippen molar-refractivity contribution in [3.63, 3.8) is 0 Å². The highest BCUT2D eigenvalue weighted by Crippen LogP contribution is 2.19. The van der Waals surface area contributed by atoms with E-state index in [1.165, 1.54) is 0 Å². The van der Waals surface area contributed by atoms with Crippen molar-refractivity contribution in [1.82, 2.24) is 10.3 Å². The lowest BCUT2D eigenvalue weighted by Gasteiger charge is -2.23.